The Morgan fingerprint density at radius 3 is 2.45 bits per heavy atom. The molecule has 1 aromatic carbocycles. The van der Waals surface area contributed by atoms with Crippen molar-refractivity contribution in [3.05, 3.63) is 34.3 Å². The molecule has 7 heteroatoms. The van der Waals surface area contributed by atoms with Gasteiger partial charge in [-0.05, 0) is 69.1 Å². The van der Waals surface area contributed by atoms with Gasteiger partial charge in [-0.25, -0.2) is 9.59 Å². The van der Waals surface area contributed by atoms with Crippen LogP contribution in [0.25, 0.3) is 0 Å². The fraction of sp³-hybridized carbons (Fsp3) is 0.692. The first-order valence-electron chi connectivity index (χ1n) is 12.0. The van der Waals surface area contributed by atoms with Crippen LogP contribution in [-0.2, 0) is 19.0 Å². The van der Waals surface area contributed by atoms with Crippen molar-refractivity contribution in [1.29, 1.82) is 0 Å². The monoisotopic (exact) mass is 523 g/mol. The van der Waals surface area contributed by atoms with E-state index in [4.69, 9.17) is 14.2 Å². The van der Waals surface area contributed by atoms with Crippen molar-refractivity contribution in [1.82, 2.24) is 5.32 Å². The normalized spacial score (nSPS) is 30.2. The molecule has 0 spiro atoms. The maximum atomic E-state index is 13.7. The van der Waals surface area contributed by atoms with Gasteiger partial charge in [0.1, 0.15) is 11.7 Å². The second-order valence-corrected chi connectivity index (χ2v) is 11.9. The molecule has 3 rings (SSSR count). The Balaban J connectivity index is 1.82. The van der Waals surface area contributed by atoms with Gasteiger partial charge in [0.2, 0.25) is 0 Å². The van der Waals surface area contributed by atoms with Gasteiger partial charge in [-0.2, -0.15) is 0 Å². The van der Waals surface area contributed by atoms with Gasteiger partial charge in [-0.15, -0.1) is 0 Å². The lowest BCUT2D eigenvalue weighted by Gasteiger charge is -2.38. The number of hydrogen-bond acceptors (Lipinski definition) is 5. The lowest BCUT2D eigenvalue weighted by Crippen LogP contribution is -2.58. The summed E-state index contributed by atoms with van der Waals surface area (Å²) in [5.41, 5.74) is -1.02. The number of carbonyl (C=O) groups is 2. The summed E-state index contributed by atoms with van der Waals surface area (Å²) < 4.78 is 18.6. The molecule has 0 radical (unpaired) electrons. The Labute approximate surface area is 206 Å². The molecule has 0 aromatic heterocycles. The van der Waals surface area contributed by atoms with Crippen LogP contribution in [0, 0.1) is 17.8 Å². The number of hydrogen-bond donors (Lipinski definition) is 1. The number of nitrogens with one attached hydrogen (secondary N) is 1. The first-order chi connectivity index (χ1) is 15.4. The fourth-order valence-electron chi connectivity index (χ4n) is 4.85. The van der Waals surface area contributed by atoms with E-state index in [1.807, 2.05) is 24.3 Å². The molecule has 2 aliphatic rings. The van der Waals surface area contributed by atoms with Crippen LogP contribution < -0.4 is 5.32 Å². The van der Waals surface area contributed by atoms with E-state index in [9.17, 15) is 9.59 Å². The van der Waals surface area contributed by atoms with Crippen LogP contribution in [0.3, 0.4) is 0 Å². The predicted molar refractivity (Wildman–Crippen MR) is 131 cm³/mol. The lowest BCUT2D eigenvalue weighted by molar-refractivity contribution is -0.164. The molecule has 1 amide bonds. The third-order valence-electron chi connectivity index (χ3n) is 6.66. The molecule has 1 N–H and O–H groups in total. The van der Waals surface area contributed by atoms with Gasteiger partial charge < -0.3 is 19.5 Å². The second-order valence-electron chi connectivity index (χ2n) is 11.0. The third kappa shape index (κ3) is 6.72. The summed E-state index contributed by atoms with van der Waals surface area (Å²) in [5.74, 6) is 0.800. The van der Waals surface area contributed by atoms with Gasteiger partial charge in [-0.1, -0.05) is 55.3 Å². The molecule has 6 nitrogen and oxygen atoms in total. The molecular weight excluding hydrogens is 486 g/mol. The van der Waals surface area contributed by atoms with E-state index in [-0.39, 0.29) is 18.8 Å². The van der Waals surface area contributed by atoms with Gasteiger partial charge >= 0.3 is 12.1 Å². The molecule has 33 heavy (non-hydrogen) atoms. The van der Waals surface area contributed by atoms with Crippen molar-refractivity contribution in [3.8, 4) is 0 Å². The Bertz CT molecular complexity index is 834. The zero-order chi connectivity index (χ0) is 24.4. The molecule has 5 atom stereocenters. The van der Waals surface area contributed by atoms with E-state index in [0.29, 0.717) is 24.2 Å². The number of esters is 1. The van der Waals surface area contributed by atoms with Crippen molar-refractivity contribution >= 4 is 28.0 Å². The fourth-order valence-corrected chi connectivity index (χ4v) is 5.11. The molecule has 1 aliphatic carbocycles. The van der Waals surface area contributed by atoms with E-state index in [2.05, 4.69) is 42.0 Å². The van der Waals surface area contributed by atoms with Crippen LogP contribution in [0.2, 0.25) is 0 Å². The van der Waals surface area contributed by atoms with Crippen LogP contribution in [0.1, 0.15) is 78.9 Å². The van der Waals surface area contributed by atoms with E-state index in [0.717, 1.165) is 29.3 Å². The Morgan fingerprint density at radius 1 is 1.18 bits per heavy atom. The molecule has 184 valence electrons. The average molecular weight is 524 g/mol. The van der Waals surface area contributed by atoms with Crippen molar-refractivity contribution < 1.29 is 23.8 Å². The van der Waals surface area contributed by atoms with E-state index < -0.39 is 23.2 Å². The highest BCUT2D eigenvalue weighted by Crippen LogP contribution is 2.40. The topological polar surface area (TPSA) is 73.9 Å². The smallest absolute Gasteiger partial charge is 0.408 e. The van der Waals surface area contributed by atoms with Gasteiger partial charge in [-0.3, -0.25) is 0 Å². The maximum absolute atomic E-state index is 13.7. The van der Waals surface area contributed by atoms with Crippen LogP contribution in [0.4, 0.5) is 4.79 Å². The highest BCUT2D eigenvalue weighted by atomic mass is 79.9. The summed E-state index contributed by atoms with van der Waals surface area (Å²) in [4.78, 5) is 26.4. The van der Waals surface area contributed by atoms with Crippen LogP contribution in [0.15, 0.2) is 28.7 Å². The van der Waals surface area contributed by atoms with Crippen molar-refractivity contribution in [2.45, 2.75) is 90.6 Å². The minimum Gasteiger partial charge on any atom is -0.460 e. The Hall–Kier alpha value is -1.60. The van der Waals surface area contributed by atoms with Crippen molar-refractivity contribution in [2.75, 3.05) is 6.61 Å². The molecule has 1 saturated carbocycles. The molecule has 0 bridgehead atoms. The molecule has 1 aliphatic heterocycles. The number of alkyl carbamates (subject to hydrolysis) is 1. The van der Waals surface area contributed by atoms with E-state index >= 15 is 0 Å². The van der Waals surface area contributed by atoms with Crippen molar-refractivity contribution in [3.63, 3.8) is 0 Å². The summed E-state index contributed by atoms with van der Waals surface area (Å²) in [6.45, 7) is 12.0. The third-order valence-corrected chi connectivity index (χ3v) is 7.19. The molecule has 1 saturated heterocycles. The van der Waals surface area contributed by atoms with Gasteiger partial charge in [0.15, 0.2) is 5.54 Å². The summed E-state index contributed by atoms with van der Waals surface area (Å²) >= 11 is 3.45. The van der Waals surface area contributed by atoms with Crippen LogP contribution >= 0.6 is 15.9 Å². The minimum atomic E-state index is -1.29. The number of amides is 1. The van der Waals surface area contributed by atoms with Crippen LogP contribution in [0.5, 0.6) is 0 Å². The number of rotatable bonds is 5. The predicted octanol–water partition coefficient (Wildman–Crippen LogP) is 6.18. The lowest BCUT2D eigenvalue weighted by atomic mass is 9.75. The minimum absolute atomic E-state index is 0.0421. The van der Waals surface area contributed by atoms with Crippen molar-refractivity contribution in [2.24, 2.45) is 17.8 Å². The maximum Gasteiger partial charge on any atom is 0.408 e. The summed E-state index contributed by atoms with van der Waals surface area (Å²) in [5, 5.41) is 2.83. The number of ether oxygens (including phenoxy) is 3. The van der Waals surface area contributed by atoms with E-state index in [1.54, 1.807) is 20.8 Å². The first-order valence-corrected chi connectivity index (χ1v) is 12.8. The van der Waals surface area contributed by atoms with Gasteiger partial charge in [0.25, 0.3) is 0 Å². The molecule has 0 unspecified atom stereocenters. The number of carbonyl (C=O) groups excluding carboxylic acids is 2. The zero-order valence-corrected chi connectivity index (χ0v) is 22.2. The highest BCUT2D eigenvalue weighted by Gasteiger charge is 2.51. The summed E-state index contributed by atoms with van der Waals surface area (Å²) in [7, 11) is 0. The second kappa shape index (κ2) is 10.3. The summed E-state index contributed by atoms with van der Waals surface area (Å²) in [6, 6.07) is 7.80. The first kappa shape index (κ1) is 26.0. The molecule has 2 fully saturated rings. The quantitative estimate of drug-likeness (QED) is 0.466. The standard InChI is InChI=1S/C26H38BrNO5/c1-16(2)20-12-7-17(3)13-21(20)32-23(29)26(28-24(30)33-25(4,5)6)14-22(31-15-26)18-8-10-19(27)11-9-18/h8-11,16-17,20-22H,7,12-15H2,1-6H3,(H,28,30)/t17-,20+,21+,22+,26+/m1/s1. The van der Waals surface area contributed by atoms with E-state index in [1.165, 1.54) is 0 Å². The van der Waals surface area contributed by atoms with Gasteiger partial charge in [0.05, 0.1) is 12.7 Å². The largest absolute Gasteiger partial charge is 0.460 e. The Kier molecular flexibility index (Phi) is 8.15. The van der Waals surface area contributed by atoms with Gasteiger partial charge in [0, 0.05) is 10.9 Å². The molecular formula is C26H38BrNO5. The zero-order valence-electron chi connectivity index (χ0n) is 20.7. The van der Waals surface area contributed by atoms with Crippen LogP contribution in [-0.4, -0.2) is 35.9 Å². The number of benzene rings is 1. The Morgan fingerprint density at radius 2 is 1.85 bits per heavy atom. The average Bonchev–Trinajstić information content (AvgIpc) is 3.12. The highest BCUT2D eigenvalue weighted by molar-refractivity contribution is 9.10. The molecule has 1 heterocycles. The SMILES string of the molecule is CC(C)[C@@H]1CC[C@@H](C)C[C@@H]1OC(=O)[C@@]1(NC(=O)OC(C)(C)C)CO[C@H](c2ccc(Br)cc2)C1. The number of halogens is 1. The summed E-state index contributed by atoms with van der Waals surface area (Å²) in [6.07, 6.45) is 2.19. The molecule has 1 aromatic rings.